The first-order valence-electron chi connectivity index (χ1n) is 7.37. The van der Waals surface area contributed by atoms with Gasteiger partial charge in [0.15, 0.2) is 5.96 Å². The fourth-order valence-electron chi connectivity index (χ4n) is 2.45. The Hall–Kier alpha value is -0.980. The molecule has 2 N–H and O–H groups in total. The summed E-state index contributed by atoms with van der Waals surface area (Å²) in [5.41, 5.74) is 1.19. The largest absolute Gasteiger partial charge is 0.497 e. The molecule has 0 aliphatic heterocycles. The molecule has 1 aliphatic rings. The van der Waals surface area contributed by atoms with Crippen LogP contribution in [0.1, 0.15) is 31.7 Å². The zero-order valence-electron chi connectivity index (χ0n) is 13.1. The number of ether oxygens (including phenoxy) is 1. The van der Waals surface area contributed by atoms with Crippen molar-refractivity contribution in [2.75, 3.05) is 14.2 Å². The third-order valence-corrected chi connectivity index (χ3v) is 3.72. The van der Waals surface area contributed by atoms with Crippen molar-refractivity contribution in [2.45, 2.75) is 38.8 Å². The van der Waals surface area contributed by atoms with E-state index in [1.165, 1.54) is 24.8 Å². The minimum absolute atomic E-state index is 0. The third kappa shape index (κ3) is 5.73. The van der Waals surface area contributed by atoms with Crippen LogP contribution in [0.25, 0.3) is 0 Å². The predicted molar refractivity (Wildman–Crippen MR) is 98.5 cm³/mol. The number of guanidine groups is 1. The van der Waals surface area contributed by atoms with E-state index < -0.39 is 0 Å². The molecule has 1 aliphatic carbocycles. The van der Waals surface area contributed by atoms with Crippen molar-refractivity contribution in [3.63, 3.8) is 0 Å². The second-order valence-electron chi connectivity index (χ2n) is 5.31. The van der Waals surface area contributed by atoms with Gasteiger partial charge in [-0.15, -0.1) is 24.0 Å². The molecular formula is C16H26IN3O. The van der Waals surface area contributed by atoms with Crippen molar-refractivity contribution in [2.24, 2.45) is 10.9 Å². The second-order valence-corrected chi connectivity index (χ2v) is 5.31. The van der Waals surface area contributed by atoms with E-state index >= 15 is 0 Å². The van der Waals surface area contributed by atoms with E-state index in [0.717, 1.165) is 24.2 Å². The molecule has 2 atom stereocenters. The van der Waals surface area contributed by atoms with Crippen LogP contribution < -0.4 is 15.4 Å². The van der Waals surface area contributed by atoms with Gasteiger partial charge in [0.25, 0.3) is 0 Å². The topological polar surface area (TPSA) is 45.7 Å². The minimum Gasteiger partial charge on any atom is -0.497 e. The summed E-state index contributed by atoms with van der Waals surface area (Å²) in [5, 5.41) is 6.84. The van der Waals surface area contributed by atoms with Crippen molar-refractivity contribution in [3.05, 3.63) is 29.8 Å². The highest BCUT2D eigenvalue weighted by molar-refractivity contribution is 14.0. The zero-order chi connectivity index (χ0) is 14.4. The van der Waals surface area contributed by atoms with Gasteiger partial charge < -0.3 is 15.4 Å². The summed E-state index contributed by atoms with van der Waals surface area (Å²) < 4.78 is 5.23. The van der Waals surface area contributed by atoms with Gasteiger partial charge in [0.1, 0.15) is 5.75 Å². The van der Waals surface area contributed by atoms with Gasteiger partial charge >= 0.3 is 0 Å². The van der Waals surface area contributed by atoms with Crippen LogP contribution in [-0.4, -0.2) is 26.2 Å². The fourth-order valence-corrected chi connectivity index (χ4v) is 2.45. The van der Waals surface area contributed by atoms with Crippen LogP contribution in [0.3, 0.4) is 0 Å². The summed E-state index contributed by atoms with van der Waals surface area (Å²) in [4.78, 5) is 4.28. The molecule has 1 aromatic carbocycles. The molecular weight excluding hydrogens is 377 g/mol. The van der Waals surface area contributed by atoms with Crippen molar-refractivity contribution < 1.29 is 4.74 Å². The maximum Gasteiger partial charge on any atom is 0.191 e. The smallest absolute Gasteiger partial charge is 0.191 e. The third-order valence-electron chi connectivity index (χ3n) is 3.72. The normalized spacial score (nSPS) is 20.4. The summed E-state index contributed by atoms with van der Waals surface area (Å²) in [7, 11) is 3.51. The minimum atomic E-state index is 0. The van der Waals surface area contributed by atoms with Crippen molar-refractivity contribution in [1.82, 2.24) is 10.6 Å². The van der Waals surface area contributed by atoms with Crippen LogP contribution in [0, 0.1) is 5.92 Å². The molecule has 0 radical (unpaired) electrons. The highest BCUT2D eigenvalue weighted by Gasteiger charge is 2.36. The molecule has 0 saturated heterocycles. The molecule has 2 unspecified atom stereocenters. The summed E-state index contributed by atoms with van der Waals surface area (Å²) in [6.07, 6.45) is 3.84. The lowest BCUT2D eigenvalue weighted by Crippen LogP contribution is -2.38. The first-order valence-corrected chi connectivity index (χ1v) is 7.37. The van der Waals surface area contributed by atoms with E-state index in [0.29, 0.717) is 6.04 Å². The van der Waals surface area contributed by atoms with E-state index in [1.54, 1.807) is 7.11 Å². The van der Waals surface area contributed by atoms with E-state index in [4.69, 9.17) is 4.74 Å². The molecule has 1 saturated carbocycles. The van der Waals surface area contributed by atoms with E-state index in [9.17, 15) is 0 Å². The molecule has 21 heavy (non-hydrogen) atoms. The Morgan fingerprint density at radius 3 is 2.90 bits per heavy atom. The van der Waals surface area contributed by atoms with E-state index in [2.05, 4.69) is 28.6 Å². The maximum absolute atomic E-state index is 5.23. The zero-order valence-corrected chi connectivity index (χ0v) is 15.4. The SMILES string of the molecule is CCCC1CC1NC(=NC)NCc1cccc(OC)c1.I. The Morgan fingerprint density at radius 1 is 1.43 bits per heavy atom. The number of hydrogen-bond donors (Lipinski definition) is 2. The van der Waals surface area contributed by atoms with E-state index in [-0.39, 0.29) is 24.0 Å². The monoisotopic (exact) mass is 403 g/mol. The number of rotatable bonds is 6. The van der Waals surface area contributed by atoms with Crippen molar-refractivity contribution in [3.8, 4) is 5.75 Å². The Labute approximate surface area is 144 Å². The van der Waals surface area contributed by atoms with Gasteiger partial charge in [-0.05, 0) is 36.5 Å². The fraction of sp³-hybridized carbons (Fsp3) is 0.562. The van der Waals surface area contributed by atoms with Crippen molar-refractivity contribution in [1.29, 1.82) is 0 Å². The summed E-state index contributed by atoms with van der Waals surface area (Å²) in [6.45, 7) is 2.99. The van der Waals surface area contributed by atoms with Crippen LogP contribution in [0.15, 0.2) is 29.3 Å². The summed E-state index contributed by atoms with van der Waals surface area (Å²) >= 11 is 0. The Balaban J connectivity index is 0.00000220. The second kappa shape index (κ2) is 9.12. The number of nitrogens with one attached hydrogen (secondary N) is 2. The van der Waals surface area contributed by atoms with Gasteiger partial charge in [0.05, 0.1) is 7.11 Å². The molecule has 5 heteroatoms. The Kier molecular flexibility index (Phi) is 7.85. The lowest BCUT2D eigenvalue weighted by atomic mass is 10.2. The molecule has 2 rings (SSSR count). The van der Waals surface area contributed by atoms with Gasteiger partial charge in [0, 0.05) is 19.6 Å². The number of nitrogens with zero attached hydrogens (tertiary/aromatic N) is 1. The predicted octanol–water partition coefficient (Wildman–Crippen LogP) is 3.17. The van der Waals surface area contributed by atoms with Crippen molar-refractivity contribution >= 4 is 29.9 Å². The Morgan fingerprint density at radius 2 is 2.24 bits per heavy atom. The highest BCUT2D eigenvalue weighted by Crippen LogP contribution is 2.34. The maximum atomic E-state index is 5.23. The number of halogens is 1. The first-order chi connectivity index (χ1) is 9.76. The average Bonchev–Trinajstić information content (AvgIpc) is 3.22. The molecule has 0 amide bonds. The van der Waals surface area contributed by atoms with E-state index in [1.807, 2.05) is 25.2 Å². The molecule has 0 aromatic heterocycles. The molecule has 0 heterocycles. The number of benzene rings is 1. The lowest BCUT2D eigenvalue weighted by Gasteiger charge is -2.12. The standard InChI is InChI=1S/C16H25N3O.HI/c1-4-6-13-10-15(13)19-16(17-2)18-11-12-7-5-8-14(9-12)20-3;/h5,7-9,13,15H,4,6,10-11H2,1-3H3,(H2,17,18,19);1H. The summed E-state index contributed by atoms with van der Waals surface area (Å²) in [6, 6.07) is 8.68. The van der Waals surface area contributed by atoms with Gasteiger partial charge in [-0.2, -0.15) is 0 Å². The average molecular weight is 403 g/mol. The molecule has 4 nitrogen and oxygen atoms in total. The first kappa shape index (κ1) is 18.1. The Bertz CT molecular complexity index is 465. The number of aliphatic imine (C=N–C) groups is 1. The highest BCUT2D eigenvalue weighted by atomic mass is 127. The van der Waals surface area contributed by atoms with Gasteiger partial charge in [0.2, 0.25) is 0 Å². The summed E-state index contributed by atoms with van der Waals surface area (Å²) in [5.74, 6) is 2.60. The molecule has 1 aromatic rings. The lowest BCUT2D eigenvalue weighted by molar-refractivity contribution is 0.414. The number of methoxy groups -OCH3 is 1. The molecule has 0 spiro atoms. The van der Waals surface area contributed by atoms with Crippen LogP contribution in [-0.2, 0) is 6.54 Å². The van der Waals surface area contributed by atoms with Crippen LogP contribution in [0.5, 0.6) is 5.75 Å². The van der Waals surface area contributed by atoms with Crippen LogP contribution in [0.2, 0.25) is 0 Å². The molecule has 0 bridgehead atoms. The molecule has 118 valence electrons. The van der Waals surface area contributed by atoms with Crippen LogP contribution in [0.4, 0.5) is 0 Å². The van der Waals surface area contributed by atoms with Gasteiger partial charge in [-0.3, -0.25) is 4.99 Å². The molecule has 1 fully saturated rings. The van der Waals surface area contributed by atoms with Gasteiger partial charge in [-0.25, -0.2) is 0 Å². The quantitative estimate of drug-likeness (QED) is 0.436. The van der Waals surface area contributed by atoms with Crippen LogP contribution >= 0.6 is 24.0 Å². The number of hydrogen-bond acceptors (Lipinski definition) is 2. The van der Waals surface area contributed by atoms with Gasteiger partial charge in [-0.1, -0.05) is 25.5 Å².